The number of ether oxygens (including phenoxy) is 3. The first-order valence-electron chi connectivity index (χ1n) is 11.6. The Labute approximate surface area is 222 Å². The Morgan fingerprint density at radius 2 is 1.86 bits per heavy atom. The highest BCUT2D eigenvalue weighted by Crippen LogP contribution is 2.38. The molecule has 0 saturated carbocycles. The fraction of sp³-hybridized carbons (Fsp3) is 0.138. The molecule has 0 saturated heterocycles. The summed E-state index contributed by atoms with van der Waals surface area (Å²) in [5.74, 6) is -0.237. The molecule has 0 N–H and O–H groups in total. The second-order valence-corrected chi connectivity index (χ2v) is 9.91. The third-order valence-corrected chi connectivity index (χ3v) is 7.27. The predicted octanol–water partition coefficient (Wildman–Crippen LogP) is 7.13. The number of hydrogen-bond donors (Lipinski definition) is 0. The van der Waals surface area contributed by atoms with E-state index >= 15 is 0 Å². The summed E-state index contributed by atoms with van der Waals surface area (Å²) in [6.07, 6.45) is 1.59. The molecule has 1 aromatic heterocycles. The number of aryl methyl sites for hydroxylation is 2. The number of halogens is 1. The lowest BCUT2D eigenvalue weighted by Gasteiger charge is -2.11. The van der Waals surface area contributed by atoms with Crippen LogP contribution in [0, 0.1) is 13.8 Å². The van der Waals surface area contributed by atoms with E-state index in [4.69, 9.17) is 25.8 Å². The van der Waals surface area contributed by atoms with E-state index in [9.17, 15) is 9.59 Å². The van der Waals surface area contributed by atoms with Crippen LogP contribution < -0.4 is 9.47 Å². The minimum atomic E-state index is -0.576. The van der Waals surface area contributed by atoms with Gasteiger partial charge in [-0.2, -0.15) is 0 Å². The van der Waals surface area contributed by atoms with Gasteiger partial charge in [0.1, 0.15) is 4.88 Å². The van der Waals surface area contributed by atoms with Gasteiger partial charge in [0.25, 0.3) is 0 Å². The standard InChI is InChI=1S/C29H22ClNO5S/c1-4-34-23-15-18(9-11-22(23)35-28(32)19-7-5-6-16(2)12-19)14-21-29(33)36-27(31-21)26-25(30)20-10-8-17(3)13-24(20)37-26/h5-15H,4H2,1-3H3/b21-14+. The second-order valence-electron chi connectivity index (χ2n) is 8.48. The molecule has 4 aromatic rings. The van der Waals surface area contributed by atoms with Crippen LogP contribution in [0.15, 0.2) is 71.4 Å². The van der Waals surface area contributed by atoms with Crippen LogP contribution in [0.25, 0.3) is 16.2 Å². The molecule has 0 amide bonds. The maximum absolute atomic E-state index is 12.6. The molecular weight excluding hydrogens is 510 g/mol. The molecule has 0 spiro atoms. The number of carbonyl (C=O) groups excluding carboxylic acids is 2. The number of rotatable bonds is 6. The van der Waals surface area contributed by atoms with Crippen LogP contribution in [0.2, 0.25) is 5.02 Å². The largest absolute Gasteiger partial charge is 0.490 e. The number of esters is 2. The number of hydrogen-bond acceptors (Lipinski definition) is 7. The molecule has 1 aliphatic heterocycles. The molecule has 0 bridgehead atoms. The predicted molar refractivity (Wildman–Crippen MR) is 146 cm³/mol. The number of thiophene rings is 1. The van der Waals surface area contributed by atoms with E-state index < -0.39 is 11.9 Å². The molecule has 2 heterocycles. The summed E-state index contributed by atoms with van der Waals surface area (Å²) in [4.78, 5) is 30.3. The highest BCUT2D eigenvalue weighted by molar-refractivity contribution is 7.21. The molecule has 3 aromatic carbocycles. The van der Waals surface area contributed by atoms with Gasteiger partial charge in [-0.25, -0.2) is 14.6 Å². The Hall–Kier alpha value is -3.94. The van der Waals surface area contributed by atoms with Crippen molar-refractivity contribution in [1.82, 2.24) is 0 Å². The highest BCUT2D eigenvalue weighted by Gasteiger charge is 2.28. The quantitative estimate of drug-likeness (QED) is 0.150. The van der Waals surface area contributed by atoms with Crippen LogP contribution in [0.4, 0.5) is 0 Å². The van der Waals surface area contributed by atoms with Gasteiger partial charge in [0.15, 0.2) is 17.2 Å². The van der Waals surface area contributed by atoms with Gasteiger partial charge in [-0.3, -0.25) is 0 Å². The average Bonchev–Trinajstić information content (AvgIpc) is 3.39. The first-order valence-corrected chi connectivity index (χ1v) is 12.8. The molecule has 8 heteroatoms. The number of carbonyl (C=O) groups is 2. The van der Waals surface area contributed by atoms with Gasteiger partial charge in [0.05, 0.1) is 17.2 Å². The van der Waals surface area contributed by atoms with Crippen molar-refractivity contribution in [3.8, 4) is 11.5 Å². The SMILES string of the molecule is CCOc1cc(/C=C2/N=C(c3sc4cc(C)ccc4c3Cl)OC2=O)ccc1OC(=O)c1cccc(C)c1. The summed E-state index contributed by atoms with van der Waals surface area (Å²) >= 11 is 8.00. The van der Waals surface area contributed by atoms with Crippen LogP contribution in [0.5, 0.6) is 11.5 Å². The summed E-state index contributed by atoms with van der Waals surface area (Å²) in [5, 5.41) is 1.40. The van der Waals surface area contributed by atoms with Crippen LogP contribution in [0.1, 0.15) is 38.8 Å². The van der Waals surface area contributed by atoms with Gasteiger partial charge in [-0.15, -0.1) is 11.3 Å². The van der Waals surface area contributed by atoms with Crippen molar-refractivity contribution in [2.24, 2.45) is 4.99 Å². The van der Waals surface area contributed by atoms with Gasteiger partial charge >= 0.3 is 11.9 Å². The lowest BCUT2D eigenvalue weighted by atomic mass is 10.1. The number of fused-ring (bicyclic) bond motifs is 1. The van der Waals surface area contributed by atoms with Crippen molar-refractivity contribution in [3.63, 3.8) is 0 Å². The highest BCUT2D eigenvalue weighted by atomic mass is 35.5. The Morgan fingerprint density at radius 1 is 1.05 bits per heavy atom. The third kappa shape index (κ3) is 5.14. The fourth-order valence-electron chi connectivity index (χ4n) is 3.87. The van der Waals surface area contributed by atoms with Crippen LogP contribution in [0.3, 0.4) is 0 Å². The second kappa shape index (κ2) is 10.2. The number of nitrogens with zero attached hydrogens (tertiary/aromatic N) is 1. The molecule has 37 heavy (non-hydrogen) atoms. The number of cyclic esters (lactones) is 1. The van der Waals surface area contributed by atoms with E-state index in [1.165, 1.54) is 11.3 Å². The number of aliphatic imine (C=N–C) groups is 1. The lowest BCUT2D eigenvalue weighted by Crippen LogP contribution is -2.10. The first kappa shape index (κ1) is 24.7. The molecule has 186 valence electrons. The average molecular weight is 532 g/mol. The normalized spacial score (nSPS) is 14.1. The van der Waals surface area contributed by atoms with Crippen LogP contribution in [-0.2, 0) is 9.53 Å². The van der Waals surface area contributed by atoms with E-state index in [-0.39, 0.29) is 17.3 Å². The topological polar surface area (TPSA) is 74.2 Å². The molecule has 0 radical (unpaired) electrons. The maximum Gasteiger partial charge on any atom is 0.363 e. The van der Waals surface area contributed by atoms with Crippen LogP contribution >= 0.6 is 22.9 Å². The molecule has 5 rings (SSSR count). The van der Waals surface area contributed by atoms with E-state index in [2.05, 4.69) is 4.99 Å². The zero-order valence-electron chi connectivity index (χ0n) is 20.3. The van der Waals surface area contributed by atoms with Crippen molar-refractivity contribution in [1.29, 1.82) is 0 Å². The Morgan fingerprint density at radius 3 is 2.65 bits per heavy atom. The maximum atomic E-state index is 12.6. The van der Waals surface area contributed by atoms with Gasteiger partial charge in [-0.1, -0.05) is 47.5 Å². The van der Waals surface area contributed by atoms with Gasteiger partial charge in [0.2, 0.25) is 5.90 Å². The zero-order chi connectivity index (χ0) is 26.1. The minimum absolute atomic E-state index is 0.131. The fourth-order valence-corrected chi connectivity index (χ4v) is 5.41. The van der Waals surface area contributed by atoms with Crippen molar-refractivity contribution < 1.29 is 23.8 Å². The lowest BCUT2D eigenvalue weighted by molar-refractivity contribution is -0.129. The zero-order valence-corrected chi connectivity index (χ0v) is 21.9. The Kier molecular flexibility index (Phi) is 6.82. The monoisotopic (exact) mass is 531 g/mol. The molecule has 0 aliphatic carbocycles. The summed E-state index contributed by atoms with van der Waals surface area (Å²) < 4.78 is 17.7. The van der Waals surface area contributed by atoms with Gasteiger partial charge in [0, 0.05) is 10.1 Å². The third-order valence-electron chi connectivity index (χ3n) is 5.63. The van der Waals surface area contributed by atoms with E-state index in [0.29, 0.717) is 33.4 Å². The minimum Gasteiger partial charge on any atom is -0.490 e. The Balaban J connectivity index is 1.43. The number of benzene rings is 3. The van der Waals surface area contributed by atoms with Gasteiger partial charge in [-0.05, 0) is 68.3 Å². The Bertz CT molecular complexity index is 1620. The summed E-state index contributed by atoms with van der Waals surface area (Å²) in [6.45, 7) is 6.11. The van der Waals surface area contributed by atoms with Crippen LogP contribution in [-0.4, -0.2) is 24.4 Å². The summed E-state index contributed by atoms with van der Waals surface area (Å²) in [7, 11) is 0. The molecule has 1 aliphatic rings. The molecule has 0 atom stereocenters. The van der Waals surface area contributed by atoms with E-state index in [1.54, 1.807) is 42.5 Å². The summed E-state index contributed by atoms with van der Waals surface area (Å²) in [5.41, 5.74) is 3.28. The molecule has 0 fully saturated rings. The molecule has 0 unspecified atom stereocenters. The first-order chi connectivity index (χ1) is 17.8. The van der Waals surface area contributed by atoms with Crippen molar-refractivity contribution in [2.75, 3.05) is 6.61 Å². The summed E-state index contributed by atoms with van der Waals surface area (Å²) in [6, 6.07) is 18.1. The van der Waals surface area contributed by atoms with Crippen molar-refractivity contribution >= 4 is 56.9 Å². The van der Waals surface area contributed by atoms with E-state index in [1.807, 2.05) is 45.0 Å². The van der Waals surface area contributed by atoms with Crippen molar-refractivity contribution in [2.45, 2.75) is 20.8 Å². The molecular formula is C29H22ClNO5S. The smallest absolute Gasteiger partial charge is 0.363 e. The van der Waals surface area contributed by atoms with Crippen molar-refractivity contribution in [3.05, 3.63) is 98.5 Å². The van der Waals surface area contributed by atoms with E-state index in [0.717, 1.165) is 21.2 Å². The van der Waals surface area contributed by atoms with Gasteiger partial charge < -0.3 is 14.2 Å². The molecule has 6 nitrogen and oxygen atoms in total.